The Kier molecular flexibility index (Phi) is 16.4. The van der Waals surface area contributed by atoms with Gasteiger partial charge in [-0.3, -0.25) is 14.6 Å². The lowest BCUT2D eigenvalue weighted by molar-refractivity contribution is -0.287. The molecular formula is C45H67FN6O10S. The van der Waals surface area contributed by atoms with Gasteiger partial charge in [0.2, 0.25) is 5.91 Å². The number of anilines is 1. The van der Waals surface area contributed by atoms with Crippen LogP contribution in [0.1, 0.15) is 107 Å². The first-order chi connectivity index (χ1) is 29.5. The smallest absolute Gasteiger partial charge is 0.351 e. The van der Waals surface area contributed by atoms with E-state index in [-0.39, 0.29) is 57.5 Å². The fourth-order valence-corrected chi connectivity index (χ4v) is 10.1. The minimum absolute atomic E-state index is 0.00603. The maximum atomic E-state index is 17.0. The number of likely N-dealkylation sites (N-methyl/N-ethyl adjacent to an activating group) is 1. The van der Waals surface area contributed by atoms with E-state index < -0.39 is 82.8 Å². The number of aliphatic imine (C=N–C) groups is 1. The third-order valence-corrected chi connectivity index (χ3v) is 13.9. The third kappa shape index (κ3) is 11.4. The van der Waals surface area contributed by atoms with Gasteiger partial charge in [0.1, 0.15) is 28.6 Å². The van der Waals surface area contributed by atoms with Crippen LogP contribution in [0.4, 0.5) is 10.2 Å². The van der Waals surface area contributed by atoms with E-state index in [4.69, 9.17) is 29.5 Å². The number of nitrogen functional groups attached to an aromatic ring is 1. The number of hydrogen-bond donors (Lipinski definition) is 3. The SMILES string of the molecule is CCC(=O)N=C1[C@H](C)C[C@@]2(C)CC/C(=N/OCc3ccc(-c4nc(N)cs4)cn3)CO[C@H]([C@H]1C)[C@](C)(O)[C@@H](CC)OC(=O)[C@@](C)(F)C(=O)[C@H](C)[C@H]2O[C@@H]1O[C@H](C)C[C@H](N(C)C)[C@H]1O. The number of aliphatic hydroxyl groups excluding tert-OH is 1. The predicted molar refractivity (Wildman–Crippen MR) is 237 cm³/mol. The number of ketones is 1. The van der Waals surface area contributed by atoms with E-state index in [1.54, 1.807) is 38.4 Å². The summed E-state index contributed by atoms with van der Waals surface area (Å²) in [5.41, 5.74) is 1.75. The third-order valence-electron chi connectivity index (χ3n) is 13.0. The molecule has 0 aromatic carbocycles. The molecule has 16 nitrogen and oxygen atoms in total. The number of nitrogens with two attached hydrogens (primary N) is 1. The summed E-state index contributed by atoms with van der Waals surface area (Å²) in [6.45, 7) is 14.4. The van der Waals surface area contributed by atoms with E-state index in [1.807, 2.05) is 45.8 Å². The number of alkyl halides is 1. The summed E-state index contributed by atoms with van der Waals surface area (Å²) >= 11 is 1.41. The zero-order chi connectivity index (χ0) is 46.6. The molecule has 350 valence electrons. The van der Waals surface area contributed by atoms with Crippen LogP contribution in [-0.2, 0) is 44.8 Å². The highest BCUT2D eigenvalue weighted by atomic mass is 32.1. The van der Waals surface area contributed by atoms with Gasteiger partial charge in [-0.25, -0.2) is 19.2 Å². The van der Waals surface area contributed by atoms with Crippen molar-refractivity contribution in [3.05, 3.63) is 29.4 Å². The maximum Gasteiger partial charge on any atom is 0.351 e. The number of oxime groups is 1. The number of aliphatic hydroxyl groups is 2. The van der Waals surface area contributed by atoms with Crippen molar-refractivity contribution in [2.24, 2.45) is 33.3 Å². The van der Waals surface area contributed by atoms with Crippen molar-refractivity contribution >= 4 is 46.2 Å². The maximum absolute atomic E-state index is 17.0. The molecule has 0 spiro atoms. The first-order valence-corrected chi connectivity index (χ1v) is 22.8. The van der Waals surface area contributed by atoms with Crippen LogP contribution in [0.15, 0.2) is 33.9 Å². The molecule has 4 N–H and O–H groups in total. The van der Waals surface area contributed by atoms with Gasteiger partial charge >= 0.3 is 5.97 Å². The number of fused-ring (bicyclic) bond motifs is 5. The summed E-state index contributed by atoms with van der Waals surface area (Å²) in [7, 11) is 3.68. The number of aromatic nitrogens is 2. The van der Waals surface area contributed by atoms with Crippen LogP contribution in [-0.4, -0.2) is 129 Å². The van der Waals surface area contributed by atoms with Crippen LogP contribution in [0.2, 0.25) is 0 Å². The van der Waals surface area contributed by atoms with Crippen molar-refractivity contribution in [1.82, 2.24) is 14.9 Å². The van der Waals surface area contributed by atoms with Crippen molar-refractivity contribution in [3.63, 3.8) is 0 Å². The summed E-state index contributed by atoms with van der Waals surface area (Å²) in [4.78, 5) is 62.9. The van der Waals surface area contributed by atoms with Gasteiger partial charge in [-0.15, -0.1) is 11.3 Å². The molecule has 0 radical (unpaired) electrons. The van der Waals surface area contributed by atoms with E-state index >= 15 is 4.39 Å². The molecule has 18 heteroatoms. The predicted octanol–water partition coefficient (Wildman–Crippen LogP) is 5.72. The minimum Gasteiger partial charge on any atom is -0.457 e. The topological polar surface area (TPSA) is 218 Å². The van der Waals surface area contributed by atoms with Crippen molar-refractivity contribution in [1.29, 1.82) is 0 Å². The average molecular weight is 903 g/mol. The second kappa shape index (κ2) is 20.6. The number of thiazole rings is 1. The molecule has 3 fully saturated rings. The summed E-state index contributed by atoms with van der Waals surface area (Å²) in [5, 5.41) is 31.2. The van der Waals surface area contributed by atoms with Crippen LogP contribution in [0, 0.1) is 23.2 Å². The molecule has 63 heavy (non-hydrogen) atoms. The number of Topliss-reactive ketones (excluding diaryl/α,β-unsaturated/α-hetero) is 1. The number of rotatable bonds is 9. The lowest BCUT2D eigenvalue weighted by atomic mass is 9.66. The molecular weight excluding hydrogens is 836 g/mol. The number of cyclic esters (lactones) is 1. The number of hydrogen-bond acceptors (Lipinski definition) is 16. The number of amides is 1. The van der Waals surface area contributed by atoms with E-state index in [1.165, 1.54) is 25.2 Å². The quantitative estimate of drug-likeness (QED) is 0.156. The van der Waals surface area contributed by atoms with E-state index in [9.17, 15) is 24.6 Å². The van der Waals surface area contributed by atoms with Gasteiger partial charge in [-0.2, -0.15) is 0 Å². The lowest BCUT2D eigenvalue weighted by Gasteiger charge is -2.48. The minimum atomic E-state index is -3.17. The molecule has 5 rings (SSSR count). The lowest BCUT2D eigenvalue weighted by Crippen LogP contribution is -2.60. The Bertz CT molecular complexity index is 1980. The summed E-state index contributed by atoms with van der Waals surface area (Å²) < 4.78 is 42.4. The van der Waals surface area contributed by atoms with Crippen LogP contribution >= 0.6 is 11.3 Å². The second-order valence-corrected chi connectivity index (χ2v) is 19.3. The Hall–Kier alpha value is -3.78. The highest BCUT2D eigenvalue weighted by molar-refractivity contribution is 7.13. The normalized spacial score (nSPS) is 37.6. The van der Waals surface area contributed by atoms with E-state index in [0.29, 0.717) is 29.4 Å². The van der Waals surface area contributed by atoms with Crippen molar-refractivity contribution in [3.8, 4) is 10.6 Å². The Labute approximate surface area is 374 Å². The van der Waals surface area contributed by atoms with Crippen molar-refractivity contribution in [2.75, 3.05) is 26.4 Å². The Morgan fingerprint density at radius 3 is 2.44 bits per heavy atom. The number of pyridine rings is 1. The highest BCUT2D eigenvalue weighted by Gasteiger charge is 2.56. The van der Waals surface area contributed by atoms with Crippen LogP contribution in [0.5, 0.6) is 0 Å². The number of carbonyl (C=O) groups is 3. The van der Waals surface area contributed by atoms with Crippen LogP contribution in [0.3, 0.4) is 0 Å². The summed E-state index contributed by atoms with van der Waals surface area (Å²) in [6.07, 6.45) is -3.56. The monoisotopic (exact) mass is 902 g/mol. The number of halogens is 1. The standard InChI is InChI=1S/C45H67FN6O10S/c1-12-32-45(9,57)39-26(5)35(50-34(53)13-2)24(3)19-43(7,17-16-30(21-58-39)51-59-22-29-15-14-28(20-48-29)40-49-33(47)23-63-40)38(27(6)37(55)44(8,46)42(56)61-32)62-41-36(54)31(52(10)11)18-25(4)60-41/h14-15,20,23-27,31-32,36,38-39,41,54,57H,12-13,16-19,21-22,47H2,1-11H3/b50-35?,51-30-/t24-,25-,26+,27+,31+,32-,36-,38-,39-,41+,43-,44+,45-/m1/s1. The molecule has 3 saturated heterocycles. The molecule has 13 atom stereocenters. The molecule has 1 amide bonds. The van der Waals surface area contributed by atoms with Crippen molar-refractivity contribution < 1.29 is 52.8 Å². The van der Waals surface area contributed by atoms with Gasteiger partial charge in [0, 0.05) is 47.2 Å². The van der Waals surface area contributed by atoms with Crippen LogP contribution in [0.25, 0.3) is 10.6 Å². The van der Waals surface area contributed by atoms with Crippen LogP contribution < -0.4 is 5.73 Å². The molecule has 2 bridgehead atoms. The zero-order valence-corrected chi connectivity index (χ0v) is 39.3. The first kappa shape index (κ1) is 50.2. The summed E-state index contributed by atoms with van der Waals surface area (Å²) in [5.74, 6) is -5.15. The fourth-order valence-electron chi connectivity index (χ4n) is 9.42. The molecule has 0 aliphatic carbocycles. The molecule has 0 saturated carbocycles. The fraction of sp³-hybridized carbons (Fsp3) is 0.711. The average Bonchev–Trinajstić information content (AvgIpc) is 3.67. The largest absolute Gasteiger partial charge is 0.457 e. The van der Waals surface area contributed by atoms with Gasteiger partial charge in [0.15, 0.2) is 18.7 Å². The highest BCUT2D eigenvalue weighted by Crippen LogP contribution is 2.46. The molecule has 2 aromatic heterocycles. The number of nitrogens with zero attached hydrogens (tertiary/aromatic N) is 5. The van der Waals surface area contributed by atoms with Crippen molar-refractivity contribution in [2.45, 2.75) is 162 Å². The Balaban J connectivity index is 1.66. The van der Waals surface area contributed by atoms with Gasteiger partial charge in [-0.1, -0.05) is 46.7 Å². The number of esters is 1. The van der Waals surface area contributed by atoms with Gasteiger partial charge in [0.05, 0.1) is 36.3 Å². The Morgan fingerprint density at radius 2 is 1.84 bits per heavy atom. The second-order valence-electron chi connectivity index (χ2n) is 18.4. The zero-order valence-electron chi connectivity index (χ0n) is 38.5. The number of carbonyl (C=O) groups excluding carboxylic acids is 3. The molecule has 5 heterocycles. The summed E-state index contributed by atoms with van der Waals surface area (Å²) in [6, 6.07) is 3.28. The molecule has 2 aromatic rings. The molecule has 0 unspecified atom stereocenters. The molecule has 3 aliphatic heterocycles. The Morgan fingerprint density at radius 1 is 1.13 bits per heavy atom. The van der Waals surface area contributed by atoms with E-state index in [2.05, 4.69) is 20.1 Å². The van der Waals surface area contributed by atoms with Gasteiger partial charge in [0.25, 0.3) is 5.67 Å². The van der Waals surface area contributed by atoms with Gasteiger partial charge in [-0.05, 0) is 90.4 Å². The first-order valence-electron chi connectivity index (χ1n) is 21.9. The number of ether oxygens (including phenoxy) is 4. The van der Waals surface area contributed by atoms with Gasteiger partial charge < -0.3 is 44.6 Å². The van der Waals surface area contributed by atoms with E-state index in [0.717, 1.165) is 17.5 Å². The molecule has 3 aliphatic rings.